The highest BCUT2D eigenvalue weighted by atomic mass is 35.5. The van der Waals surface area contributed by atoms with Crippen LogP contribution in [-0.4, -0.2) is 33.3 Å². The summed E-state index contributed by atoms with van der Waals surface area (Å²) in [6.45, 7) is 0.140. The second kappa shape index (κ2) is 10.5. The number of rotatable bonds is 7. The second-order valence-corrected chi connectivity index (χ2v) is 8.61. The van der Waals surface area contributed by atoms with E-state index in [1.807, 2.05) is 36.4 Å². The lowest BCUT2D eigenvalue weighted by Crippen LogP contribution is -2.28. The summed E-state index contributed by atoms with van der Waals surface area (Å²) in [4.78, 5) is 37.7. The fraction of sp³-hybridized carbons (Fsp3) is 0.0870. The van der Waals surface area contributed by atoms with E-state index in [4.69, 9.17) is 23.2 Å². The van der Waals surface area contributed by atoms with Gasteiger partial charge in [-0.1, -0.05) is 70.9 Å². The van der Waals surface area contributed by atoms with Crippen molar-refractivity contribution in [1.82, 2.24) is 20.3 Å². The van der Waals surface area contributed by atoms with Crippen molar-refractivity contribution in [2.45, 2.75) is 6.42 Å². The average Bonchev–Trinajstić information content (AvgIpc) is 3.23. The third-order valence-corrected chi connectivity index (χ3v) is 6.22. The maximum atomic E-state index is 12.5. The van der Waals surface area contributed by atoms with Crippen molar-refractivity contribution in [1.29, 1.82) is 0 Å². The third kappa shape index (κ3) is 5.54. The van der Waals surface area contributed by atoms with E-state index in [9.17, 15) is 9.59 Å². The first kappa shape index (κ1) is 22.8. The molecule has 0 spiro atoms. The number of aromatic nitrogens is 3. The van der Waals surface area contributed by atoms with Crippen LogP contribution in [0.25, 0.3) is 21.7 Å². The topological polar surface area (TPSA) is 96.9 Å². The highest BCUT2D eigenvalue weighted by Crippen LogP contribution is 2.43. The Morgan fingerprint density at radius 2 is 1.64 bits per heavy atom. The second-order valence-electron chi connectivity index (χ2n) is 6.80. The van der Waals surface area contributed by atoms with Gasteiger partial charge in [0, 0.05) is 41.5 Å². The molecule has 2 aromatic carbocycles. The normalized spacial score (nSPS) is 10.6. The lowest BCUT2D eigenvalue weighted by atomic mass is 10.1. The molecule has 0 bridgehead atoms. The van der Waals surface area contributed by atoms with Crippen LogP contribution in [0.4, 0.5) is 5.13 Å². The first-order valence-electron chi connectivity index (χ1n) is 9.87. The van der Waals surface area contributed by atoms with Crippen LogP contribution in [0, 0.1) is 0 Å². The van der Waals surface area contributed by atoms with Gasteiger partial charge in [0.1, 0.15) is 5.69 Å². The number of thiazole rings is 1. The summed E-state index contributed by atoms with van der Waals surface area (Å²) in [6.07, 6.45) is 4.33. The van der Waals surface area contributed by atoms with Gasteiger partial charge < -0.3 is 10.6 Å². The Hall–Kier alpha value is -3.33. The van der Waals surface area contributed by atoms with Crippen LogP contribution in [-0.2, 0) is 4.79 Å². The van der Waals surface area contributed by atoms with Crippen LogP contribution in [0.1, 0.15) is 16.9 Å². The molecule has 0 aliphatic rings. The third-order valence-electron chi connectivity index (χ3n) is 4.55. The lowest BCUT2D eigenvalue weighted by molar-refractivity contribution is -0.116. The molecule has 10 heteroatoms. The Balaban J connectivity index is 1.50. The number of halogens is 2. The maximum absolute atomic E-state index is 12.5. The SMILES string of the molecule is O=C(CCNC(=O)c1cnccn1)Nc1nc(-c2ccccc2Cl)c(-c2ccccc2Cl)s1. The molecule has 2 amide bonds. The summed E-state index contributed by atoms with van der Waals surface area (Å²) < 4.78 is 0. The van der Waals surface area contributed by atoms with E-state index >= 15 is 0 Å². The van der Waals surface area contributed by atoms with E-state index in [1.165, 1.54) is 29.9 Å². The summed E-state index contributed by atoms with van der Waals surface area (Å²) in [5, 5.41) is 6.96. The van der Waals surface area contributed by atoms with Crippen LogP contribution >= 0.6 is 34.5 Å². The van der Waals surface area contributed by atoms with Gasteiger partial charge in [0.05, 0.1) is 21.8 Å². The molecule has 2 aromatic heterocycles. The number of hydrogen-bond acceptors (Lipinski definition) is 6. The molecule has 2 N–H and O–H groups in total. The van der Waals surface area contributed by atoms with Crippen LogP contribution in [0.5, 0.6) is 0 Å². The van der Waals surface area contributed by atoms with E-state index in [1.54, 1.807) is 12.1 Å². The van der Waals surface area contributed by atoms with Crippen molar-refractivity contribution in [3.05, 3.63) is 82.9 Å². The number of nitrogens with one attached hydrogen (secondary N) is 2. The number of hydrogen-bond donors (Lipinski definition) is 2. The van der Waals surface area contributed by atoms with Gasteiger partial charge in [-0.25, -0.2) is 9.97 Å². The number of benzene rings is 2. The number of amides is 2. The maximum Gasteiger partial charge on any atom is 0.271 e. The predicted molar refractivity (Wildman–Crippen MR) is 131 cm³/mol. The summed E-state index contributed by atoms with van der Waals surface area (Å²) in [6, 6.07) is 14.8. The minimum Gasteiger partial charge on any atom is -0.350 e. The molecule has 0 saturated carbocycles. The number of carbonyl (C=O) groups excluding carboxylic acids is 2. The lowest BCUT2D eigenvalue weighted by Gasteiger charge is -2.06. The smallest absolute Gasteiger partial charge is 0.271 e. The van der Waals surface area contributed by atoms with Crippen LogP contribution < -0.4 is 10.6 Å². The number of nitrogens with zero attached hydrogens (tertiary/aromatic N) is 3. The largest absolute Gasteiger partial charge is 0.350 e. The Morgan fingerprint density at radius 3 is 2.30 bits per heavy atom. The molecule has 2 heterocycles. The van der Waals surface area contributed by atoms with Gasteiger partial charge in [0.25, 0.3) is 5.91 Å². The van der Waals surface area contributed by atoms with E-state index in [2.05, 4.69) is 25.6 Å². The minimum atomic E-state index is -0.396. The van der Waals surface area contributed by atoms with Crippen molar-refractivity contribution >= 4 is 51.5 Å². The Morgan fingerprint density at radius 1 is 0.939 bits per heavy atom. The highest BCUT2D eigenvalue weighted by Gasteiger charge is 2.20. The van der Waals surface area contributed by atoms with E-state index in [-0.39, 0.29) is 24.6 Å². The molecular formula is C23H17Cl2N5O2S. The molecule has 4 rings (SSSR count). The summed E-state index contributed by atoms with van der Waals surface area (Å²) >= 11 is 14.2. The van der Waals surface area contributed by atoms with Gasteiger partial charge in [-0.15, -0.1) is 0 Å². The van der Waals surface area contributed by atoms with Crippen molar-refractivity contribution in [3.63, 3.8) is 0 Å². The molecule has 0 saturated heterocycles. The summed E-state index contributed by atoms with van der Waals surface area (Å²) in [5.41, 5.74) is 2.35. The summed E-state index contributed by atoms with van der Waals surface area (Å²) in [7, 11) is 0. The molecule has 4 aromatic rings. The van der Waals surface area contributed by atoms with Crippen molar-refractivity contribution in [3.8, 4) is 21.7 Å². The fourth-order valence-electron chi connectivity index (χ4n) is 3.02. The van der Waals surface area contributed by atoms with Crippen LogP contribution in [0.2, 0.25) is 10.0 Å². The van der Waals surface area contributed by atoms with Gasteiger partial charge in [-0.05, 0) is 12.1 Å². The molecule has 0 aliphatic carbocycles. The van der Waals surface area contributed by atoms with Gasteiger partial charge in [-0.3, -0.25) is 14.6 Å². The molecule has 33 heavy (non-hydrogen) atoms. The number of carbonyl (C=O) groups is 2. The molecule has 0 fully saturated rings. The Kier molecular flexibility index (Phi) is 7.29. The predicted octanol–water partition coefficient (Wildman–Crippen LogP) is 5.33. The first-order chi connectivity index (χ1) is 16.0. The molecule has 166 valence electrons. The van der Waals surface area contributed by atoms with Gasteiger partial charge >= 0.3 is 0 Å². The quantitative estimate of drug-likeness (QED) is 0.359. The van der Waals surface area contributed by atoms with E-state index < -0.39 is 5.91 Å². The zero-order valence-corrected chi connectivity index (χ0v) is 19.4. The molecule has 0 aliphatic heterocycles. The first-order valence-corrected chi connectivity index (χ1v) is 11.4. The molecular weight excluding hydrogens is 481 g/mol. The van der Waals surface area contributed by atoms with Gasteiger partial charge in [0.2, 0.25) is 5.91 Å². The van der Waals surface area contributed by atoms with E-state index in [0.29, 0.717) is 20.9 Å². The minimum absolute atomic E-state index is 0.0639. The molecule has 0 unspecified atom stereocenters. The van der Waals surface area contributed by atoms with Crippen LogP contribution in [0.3, 0.4) is 0 Å². The van der Waals surface area contributed by atoms with E-state index in [0.717, 1.165) is 16.0 Å². The van der Waals surface area contributed by atoms with Crippen molar-refractivity contribution in [2.24, 2.45) is 0 Å². The average molecular weight is 498 g/mol. The Labute approximate surface area is 203 Å². The zero-order chi connectivity index (χ0) is 23.2. The van der Waals surface area contributed by atoms with Crippen LogP contribution in [0.15, 0.2) is 67.1 Å². The zero-order valence-electron chi connectivity index (χ0n) is 17.1. The number of anilines is 1. The van der Waals surface area contributed by atoms with Gasteiger partial charge in [0.15, 0.2) is 5.13 Å². The van der Waals surface area contributed by atoms with Crippen molar-refractivity contribution in [2.75, 3.05) is 11.9 Å². The molecule has 7 nitrogen and oxygen atoms in total. The van der Waals surface area contributed by atoms with Gasteiger partial charge in [-0.2, -0.15) is 0 Å². The highest BCUT2D eigenvalue weighted by molar-refractivity contribution is 7.19. The van der Waals surface area contributed by atoms with Crippen molar-refractivity contribution < 1.29 is 9.59 Å². The molecule has 0 atom stereocenters. The fourth-order valence-corrected chi connectivity index (χ4v) is 4.56. The summed E-state index contributed by atoms with van der Waals surface area (Å²) in [5.74, 6) is -0.688. The molecule has 0 radical (unpaired) electrons. The standard InChI is InChI=1S/C23H17Cl2N5O2S/c24-16-7-3-1-5-14(16)20-21(15-6-2-4-8-17(15)25)33-23(30-20)29-19(31)9-10-28-22(32)18-13-26-11-12-27-18/h1-8,11-13H,9-10H2,(H,28,32)(H,29,30,31). The Bertz CT molecular complexity index is 1230. The monoisotopic (exact) mass is 497 g/mol.